The van der Waals surface area contributed by atoms with Gasteiger partial charge >= 0.3 is 0 Å². The molecule has 2 rings (SSSR count). The van der Waals surface area contributed by atoms with Crippen LogP contribution in [0.3, 0.4) is 0 Å². The molecule has 1 heterocycles. The quantitative estimate of drug-likeness (QED) is 0.709. The molecular weight excluding hydrogens is 186 g/mol. The Morgan fingerprint density at radius 3 is 3.00 bits per heavy atom. The third kappa shape index (κ3) is 2.34. The summed E-state index contributed by atoms with van der Waals surface area (Å²) in [5.74, 6) is 5.91. The molecule has 0 aliphatic rings. The summed E-state index contributed by atoms with van der Waals surface area (Å²) >= 11 is 0. The Hall–Kier alpha value is -1.85. The lowest BCUT2D eigenvalue weighted by Gasteiger charge is -1.96. The van der Waals surface area contributed by atoms with Crippen LogP contribution >= 0.6 is 0 Å². The smallest absolute Gasteiger partial charge is 0.0540 e. The van der Waals surface area contributed by atoms with Crippen LogP contribution in [0.2, 0.25) is 0 Å². The van der Waals surface area contributed by atoms with E-state index in [1.807, 2.05) is 30.5 Å². The van der Waals surface area contributed by atoms with Crippen molar-refractivity contribution in [2.75, 3.05) is 6.61 Å². The largest absolute Gasteiger partial charge is 0.395 e. The Kier molecular flexibility index (Phi) is 2.96. The first-order valence-corrected chi connectivity index (χ1v) is 4.83. The molecule has 0 unspecified atom stereocenters. The van der Waals surface area contributed by atoms with E-state index in [1.165, 1.54) is 0 Å². The van der Waals surface area contributed by atoms with E-state index in [2.05, 4.69) is 16.8 Å². The van der Waals surface area contributed by atoms with Crippen LogP contribution in [0.15, 0.2) is 36.7 Å². The highest BCUT2D eigenvalue weighted by Gasteiger charge is 1.92. The molecule has 1 N–H and O–H groups in total. The fourth-order valence-corrected chi connectivity index (χ4v) is 1.38. The van der Waals surface area contributed by atoms with E-state index in [1.54, 1.807) is 6.20 Å². The lowest BCUT2D eigenvalue weighted by Crippen LogP contribution is -1.79. The summed E-state index contributed by atoms with van der Waals surface area (Å²) < 4.78 is 0. The summed E-state index contributed by atoms with van der Waals surface area (Å²) in [7, 11) is 0. The van der Waals surface area contributed by atoms with Gasteiger partial charge in [0.05, 0.1) is 6.61 Å². The second-order valence-electron chi connectivity index (χ2n) is 3.21. The van der Waals surface area contributed by atoms with Gasteiger partial charge < -0.3 is 5.11 Å². The highest BCUT2D eigenvalue weighted by molar-refractivity contribution is 5.82. The summed E-state index contributed by atoms with van der Waals surface area (Å²) in [4.78, 5) is 4.05. The van der Waals surface area contributed by atoms with Crippen LogP contribution in [0.4, 0.5) is 0 Å². The molecule has 0 amide bonds. The van der Waals surface area contributed by atoms with Crippen LogP contribution in [0.5, 0.6) is 0 Å². The number of hydrogen-bond donors (Lipinski definition) is 1. The van der Waals surface area contributed by atoms with Gasteiger partial charge in [-0.2, -0.15) is 0 Å². The molecule has 74 valence electrons. The van der Waals surface area contributed by atoms with Crippen molar-refractivity contribution in [2.24, 2.45) is 0 Å². The van der Waals surface area contributed by atoms with Crippen LogP contribution in [-0.4, -0.2) is 16.7 Å². The van der Waals surface area contributed by atoms with Crippen LogP contribution < -0.4 is 0 Å². The first-order valence-electron chi connectivity index (χ1n) is 4.83. The Morgan fingerprint density at radius 2 is 2.13 bits per heavy atom. The average molecular weight is 197 g/mol. The van der Waals surface area contributed by atoms with Crippen LogP contribution in [0.25, 0.3) is 10.8 Å². The second-order valence-corrected chi connectivity index (χ2v) is 3.21. The molecule has 0 spiro atoms. The molecule has 0 fully saturated rings. The van der Waals surface area contributed by atoms with Crippen LogP contribution in [0.1, 0.15) is 12.0 Å². The fourth-order valence-electron chi connectivity index (χ4n) is 1.38. The molecule has 0 aliphatic carbocycles. The van der Waals surface area contributed by atoms with Gasteiger partial charge in [0.25, 0.3) is 0 Å². The lowest BCUT2D eigenvalue weighted by atomic mass is 10.1. The van der Waals surface area contributed by atoms with E-state index in [9.17, 15) is 0 Å². The molecule has 0 aliphatic heterocycles. The Balaban J connectivity index is 2.36. The molecule has 0 bridgehead atoms. The molecule has 15 heavy (non-hydrogen) atoms. The maximum absolute atomic E-state index is 8.61. The van der Waals surface area contributed by atoms with Gasteiger partial charge in [-0.05, 0) is 23.6 Å². The topological polar surface area (TPSA) is 33.1 Å². The van der Waals surface area contributed by atoms with E-state index in [-0.39, 0.29) is 6.61 Å². The summed E-state index contributed by atoms with van der Waals surface area (Å²) in [6.07, 6.45) is 4.13. The summed E-state index contributed by atoms with van der Waals surface area (Å²) in [5, 5.41) is 10.9. The van der Waals surface area contributed by atoms with Crippen LogP contribution in [0, 0.1) is 11.8 Å². The minimum atomic E-state index is 0.116. The summed E-state index contributed by atoms with van der Waals surface area (Å²) in [6, 6.07) is 7.97. The highest BCUT2D eigenvalue weighted by atomic mass is 16.2. The molecule has 0 atom stereocenters. The van der Waals surface area contributed by atoms with Crippen molar-refractivity contribution >= 4 is 10.8 Å². The van der Waals surface area contributed by atoms with Gasteiger partial charge in [-0.3, -0.25) is 4.98 Å². The minimum Gasteiger partial charge on any atom is -0.395 e. The summed E-state index contributed by atoms with van der Waals surface area (Å²) in [6.45, 7) is 0.116. The molecule has 2 heteroatoms. The predicted molar refractivity (Wildman–Crippen MR) is 60.3 cm³/mol. The van der Waals surface area contributed by atoms with E-state index in [4.69, 9.17) is 5.11 Å². The van der Waals surface area contributed by atoms with Crippen molar-refractivity contribution in [3.05, 3.63) is 42.2 Å². The maximum Gasteiger partial charge on any atom is 0.0540 e. The first kappa shape index (κ1) is 9.70. The number of aliphatic hydroxyl groups excluding tert-OH is 1. The molecule has 0 radical (unpaired) electrons. The van der Waals surface area contributed by atoms with Crippen molar-refractivity contribution in [2.45, 2.75) is 6.42 Å². The van der Waals surface area contributed by atoms with Crippen molar-refractivity contribution in [3.63, 3.8) is 0 Å². The first-order chi connectivity index (χ1) is 7.40. The monoisotopic (exact) mass is 197 g/mol. The number of aliphatic hydroxyl groups is 1. The van der Waals surface area contributed by atoms with Crippen LogP contribution in [-0.2, 0) is 0 Å². The molecule has 0 saturated carbocycles. The third-order valence-electron chi connectivity index (χ3n) is 2.11. The number of rotatable bonds is 1. The van der Waals surface area contributed by atoms with Gasteiger partial charge in [-0.25, -0.2) is 0 Å². The molecule has 1 aromatic heterocycles. The number of aromatic nitrogens is 1. The molecule has 2 aromatic rings. The Bertz CT molecular complexity index is 523. The van der Waals surface area contributed by atoms with Gasteiger partial charge in [-0.1, -0.05) is 17.9 Å². The molecule has 0 saturated heterocycles. The maximum atomic E-state index is 8.61. The SMILES string of the molecule is OCCC#Cc1ccc2cnccc2c1. The molecular formula is C13H11NO. The van der Waals surface area contributed by atoms with Gasteiger partial charge in [0.2, 0.25) is 0 Å². The normalized spacial score (nSPS) is 9.67. The highest BCUT2D eigenvalue weighted by Crippen LogP contribution is 2.13. The molecule has 2 nitrogen and oxygen atoms in total. The molecule has 1 aromatic carbocycles. The van der Waals surface area contributed by atoms with Gasteiger partial charge in [0.15, 0.2) is 0 Å². The predicted octanol–water partition coefficient (Wildman–Crippen LogP) is 1.97. The fraction of sp³-hybridized carbons (Fsp3) is 0.154. The van der Waals surface area contributed by atoms with E-state index >= 15 is 0 Å². The Labute approximate surface area is 88.6 Å². The second kappa shape index (κ2) is 4.59. The zero-order valence-corrected chi connectivity index (χ0v) is 8.27. The standard InChI is InChI=1S/C13H11NO/c15-8-2-1-3-11-4-5-13-10-14-7-6-12(13)9-11/h4-7,9-10,15H,2,8H2. The van der Waals surface area contributed by atoms with E-state index in [0.29, 0.717) is 6.42 Å². The van der Waals surface area contributed by atoms with Crippen molar-refractivity contribution < 1.29 is 5.11 Å². The number of nitrogens with zero attached hydrogens (tertiary/aromatic N) is 1. The van der Waals surface area contributed by atoms with Gasteiger partial charge in [0.1, 0.15) is 0 Å². The van der Waals surface area contributed by atoms with Gasteiger partial charge in [0, 0.05) is 29.8 Å². The zero-order chi connectivity index (χ0) is 10.5. The minimum absolute atomic E-state index is 0.116. The van der Waals surface area contributed by atoms with Gasteiger partial charge in [-0.15, -0.1) is 0 Å². The van der Waals surface area contributed by atoms with Crippen molar-refractivity contribution in [1.29, 1.82) is 0 Å². The van der Waals surface area contributed by atoms with Crippen molar-refractivity contribution in [3.8, 4) is 11.8 Å². The lowest BCUT2D eigenvalue weighted by molar-refractivity contribution is 0.305. The third-order valence-corrected chi connectivity index (χ3v) is 2.11. The van der Waals surface area contributed by atoms with E-state index < -0.39 is 0 Å². The summed E-state index contributed by atoms with van der Waals surface area (Å²) in [5.41, 5.74) is 0.974. The average Bonchev–Trinajstić information content (AvgIpc) is 2.29. The zero-order valence-electron chi connectivity index (χ0n) is 8.27. The Morgan fingerprint density at radius 1 is 1.20 bits per heavy atom. The van der Waals surface area contributed by atoms with Crippen molar-refractivity contribution in [1.82, 2.24) is 4.98 Å². The van der Waals surface area contributed by atoms with E-state index in [0.717, 1.165) is 16.3 Å². The number of benzene rings is 1. The number of hydrogen-bond acceptors (Lipinski definition) is 2. The number of fused-ring (bicyclic) bond motifs is 1. The number of pyridine rings is 1.